The Bertz CT molecular complexity index is 1560. The number of carbonyl (C=O) groups is 3. The van der Waals surface area contributed by atoms with Crippen molar-refractivity contribution in [3.63, 3.8) is 0 Å². The second-order valence-electron chi connectivity index (χ2n) is 9.18. The first-order valence-electron chi connectivity index (χ1n) is 12.7. The third kappa shape index (κ3) is 6.58. The first-order chi connectivity index (χ1) is 19.8. The van der Waals surface area contributed by atoms with Gasteiger partial charge in [0.25, 0.3) is 5.91 Å². The lowest BCUT2D eigenvalue weighted by molar-refractivity contribution is -0.125. The van der Waals surface area contributed by atoms with Gasteiger partial charge in [-0.3, -0.25) is 19.4 Å². The van der Waals surface area contributed by atoms with Gasteiger partial charge in [-0.05, 0) is 54.4 Å². The third-order valence-corrected chi connectivity index (χ3v) is 7.54. The molecule has 210 valence electrons. The fourth-order valence-electron chi connectivity index (χ4n) is 4.34. The van der Waals surface area contributed by atoms with Crippen molar-refractivity contribution in [2.24, 2.45) is 9.98 Å². The summed E-state index contributed by atoms with van der Waals surface area (Å²) in [4.78, 5) is 49.4. The van der Waals surface area contributed by atoms with Crippen molar-refractivity contribution >= 4 is 63.5 Å². The largest absolute Gasteiger partial charge is 0.495 e. The molecule has 2 aliphatic rings. The topological polar surface area (TPSA) is 112 Å². The van der Waals surface area contributed by atoms with Crippen LogP contribution in [0.2, 0.25) is 5.02 Å². The fourth-order valence-corrected chi connectivity index (χ4v) is 5.31. The number of amides is 3. The van der Waals surface area contributed by atoms with E-state index < -0.39 is 6.04 Å². The van der Waals surface area contributed by atoms with Crippen molar-refractivity contribution < 1.29 is 23.5 Å². The third-order valence-electron chi connectivity index (χ3n) is 6.36. The van der Waals surface area contributed by atoms with Gasteiger partial charge < -0.3 is 15.4 Å². The Morgan fingerprint density at radius 2 is 1.88 bits per heavy atom. The summed E-state index contributed by atoms with van der Waals surface area (Å²) in [7, 11) is 1.49. The molecular formula is C29H25ClFN5O4S. The van der Waals surface area contributed by atoms with Crippen LogP contribution in [0.5, 0.6) is 5.75 Å². The van der Waals surface area contributed by atoms with Crippen LogP contribution in [0.3, 0.4) is 0 Å². The molecule has 2 N–H and O–H groups in total. The van der Waals surface area contributed by atoms with Crippen molar-refractivity contribution in [2.75, 3.05) is 18.2 Å². The average Bonchev–Trinajstić information content (AvgIpc) is 3.31. The SMILES string of the molecule is COc1ccc(Cl)cc1NC(=O)CSC1=Nc2ccccc2C2=N[C@@H](CCC(=O)NCc3ccc(F)cc3)C(=O)N12. The number of halogens is 2. The highest BCUT2D eigenvalue weighted by Crippen LogP contribution is 2.34. The minimum Gasteiger partial charge on any atom is -0.495 e. The summed E-state index contributed by atoms with van der Waals surface area (Å²) in [5.41, 5.74) is 2.52. The molecule has 3 aromatic rings. The molecule has 0 bridgehead atoms. The first-order valence-corrected chi connectivity index (χ1v) is 14.1. The number of carbonyl (C=O) groups excluding carboxylic acids is 3. The summed E-state index contributed by atoms with van der Waals surface area (Å²) in [5, 5.41) is 6.33. The molecule has 2 heterocycles. The minimum atomic E-state index is -0.775. The molecule has 0 unspecified atom stereocenters. The standard InChI is InChI=1S/C29H25ClFN5O4S/c1-40-24-12-8-18(30)14-23(24)33-26(38)16-41-29-35-21-5-3-2-4-20(21)27-34-22(28(39)36(27)29)11-13-25(37)32-15-17-6-9-19(31)10-7-17/h2-10,12,14,22H,11,13,15-16H2,1H3,(H,32,37)(H,33,38)/t22-/m0/s1. The predicted octanol–water partition coefficient (Wildman–Crippen LogP) is 4.91. The maximum absolute atomic E-state index is 13.5. The number of ether oxygens (including phenoxy) is 1. The number of nitrogens with zero attached hydrogens (tertiary/aromatic N) is 3. The monoisotopic (exact) mass is 593 g/mol. The van der Waals surface area contributed by atoms with Crippen molar-refractivity contribution in [3.8, 4) is 5.75 Å². The molecule has 0 radical (unpaired) electrons. The van der Waals surface area contributed by atoms with Crippen LogP contribution in [-0.4, -0.2) is 52.5 Å². The zero-order chi connectivity index (χ0) is 28.9. The van der Waals surface area contributed by atoms with Crippen molar-refractivity contribution in [1.82, 2.24) is 10.2 Å². The summed E-state index contributed by atoms with van der Waals surface area (Å²) in [6, 6.07) is 17.3. The number of rotatable bonds is 9. The van der Waals surface area contributed by atoms with Crippen LogP contribution < -0.4 is 15.4 Å². The van der Waals surface area contributed by atoms with E-state index in [-0.39, 0.29) is 48.7 Å². The van der Waals surface area contributed by atoms with Gasteiger partial charge in [-0.2, -0.15) is 0 Å². The highest BCUT2D eigenvalue weighted by atomic mass is 35.5. The predicted molar refractivity (Wildman–Crippen MR) is 157 cm³/mol. The number of amidine groups is 2. The summed E-state index contributed by atoms with van der Waals surface area (Å²) in [6.07, 6.45) is 0.274. The molecule has 0 fully saturated rings. The second kappa shape index (κ2) is 12.5. The number of anilines is 1. The summed E-state index contributed by atoms with van der Waals surface area (Å²) < 4.78 is 18.4. The van der Waals surface area contributed by atoms with Crippen LogP contribution in [0.4, 0.5) is 15.8 Å². The maximum atomic E-state index is 13.5. The van der Waals surface area contributed by atoms with Crippen molar-refractivity contribution in [2.45, 2.75) is 25.4 Å². The summed E-state index contributed by atoms with van der Waals surface area (Å²) in [5.74, 6) is -0.378. The van der Waals surface area contributed by atoms with E-state index in [1.54, 1.807) is 30.3 Å². The van der Waals surface area contributed by atoms with Crippen LogP contribution in [0, 0.1) is 5.82 Å². The molecule has 3 aromatic carbocycles. The molecule has 41 heavy (non-hydrogen) atoms. The zero-order valence-corrected chi connectivity index (χ0v) is 23.5. The number of fused-ring (bicyclic) bond motifs is 3. The van der Waals surface area contributed by atoms with Crippen LogP contribution in [0.15, 0.2) is 76.7 Å². The highest BCUT2D eigenvalue weighted by Gasteiger charge is 2.41. The quantitative estimate of drug-likeness (QED) is 0.366. The average molecular weight is 594 g/mol. The van der Waals surface area contributed by atoms with Crippen LogP contribution >= 0.6 is 23.4 Å². The molecular weight excluding hydrogens is 569 g/mol. The molecule has 0 spiro atoms. The Labute approximate surface area is 244 Å². The van der Waals surface area contributed by atoms with Crippen molar-refractivity contribution in [3.05, 3.63) is 88.7 Å². The molecule has 5 rings (SSSR count). The van der Waals surface area contributed by atoms with Gasteiger partial charge in [-0.15, -0.1) is 0 Å². The summed E-state index contributed by atoms with van der Waals surface area (Å²) >= 11 is 7.17. The number of thioether (sulfide) groups is 1. The van der Waals surface area contributed by atoms with Crippen molar-refractivity contribution in [1.29, 1.82) is 0 Å². The molecule has 3 amide bonds. The molecule has 0 aromatic heterocycles. The van der Waals surface area contributed by atoms with Gasteiger partial charge in [0, 0.05) is 23.6 Å². The van der Waals surface area contributed by atoms with Crippen LogP contribution in [-0.2, 0) is 20.9 Å². The molecule has 9 nitrogen and oxygen atoms in total. The number of methoxy groups -OCH3 is 1. The molecule has 0 saturated heterocycles. The Kier molecular flexibility index (Phi) is 8.65. The molecule has 0 aliphatic carbocycles. The number of aliphatic imine (C=N–C) groups is 2. The number of hydrogen-bond donors (Lipinski definition) is 2. The zero-order valence-electron chi connectivity index (χ0n) is 21.9. The van der Waals surface area contributed by atoms with E-state index in [0.717, 1.165) is 17.3 Å². The van der Waals surface area contributed by atoms with E-state index in [1.165, 1.54) is 24.1 Å². The number of benzene rings is 3. The van der Waals surface area contributed by atoms with Gasteiger partial charge in [0.05, 0.1) is 24.2 Å². The lowest BCUT2D eigenvalue weighted by Crippen LogP contribution is -2.41. The van der Waals surface area contributed by atoms with E-state index in [4.69, 9.17) is 16.3 Å². The van der Waals surface area contributed by atoms with Crippen LogP contribution in [0.1, 0.15) is 24.0 Å². The number of para-hydroxylation sites is 1. The normalized spacial score (nSPS) is 15.4. The molecule has 2 aliphatic heterocycles. The highest BCUT2D eigenvalue weighted by molar-refractivity contribution is 8.14. The Balaban J connectivity index is 1.24. The minimum absolute atomic E-state index is 0.0375. The lowest BCUT2D eigenvalue weighted by atomic mass is 10.1. The van der Waals surface area contributed by atoms with Gasteiger partial charge in [0.15, 0.2) is 5.17 Å². The van der Waals surface area contributed by atoms with Gasteiger partial charge >= 0.3 is 0 Å². The van der Waals surface area contributed by atoms with Gasteiger partial charge in [0.1, 0.15) is 23.4 Å². The fraction of sp³-hybridized carbons (Fsp3) is 0.207. The van der Waals surface area contributed by atoms with Gasteiger partial charge in [0.2, 0.25) is 11.8 Å². The molecule has 12 heteroatoms. The van der Waals surface area contributed by atoms with Gasteiger partial charge in [-0.1, -0.05) is 47.6 Å². The first kappa shape index (κ1) is 28.3. The van der Waals surface area contributed by atoms with E-state index in [9.17, 15) is 18.8 Å². The number of nitrogens with one attached hydrogen (secondary N) is 2. The Hall–Kier alpha value is -4.22. The Morgan fingerprint density at radius 3 is 2.66 bits per heavy atom. The van der Waals surface area contributed by atoms with E-state index in [0.29, 0.717) is 38.7 Å². The molecule has 1 atom stereocenters. The van der Waals surface area contributed by atoms with E-state index in [1.807, 2.05) is 24.3 Å². The van der Waals surface area contributed by atoms with E-state index >= 15 is 0 Å². The van der Waals surface area contributed by atoms with Crippen LogP contribution in [0.25, 0.3) is 0 Å². The number of hydrogen-bond acceptors (Lipinski definition) is 7. The maximum Gasteiger partial charge on any atom is 0.259 e. The van der Waals surface area contributed by atoms with Gasteiger partial charge in [-0.25, -0.2) is 14.3 Å². The second-order valence-corrected chi connectivity index (χ2v) is 10.6. The lowest BCUT2D eigenvalue weighted by Gasteiger charge is -2.25. The Morgan fingerprint density at radius 1 is 1.10 bits per heavy atom. The molecule has 0 saturated carbocycles. The van der Waals surface area contributed by atoms with E-state index in [2.05, 4.69) is 20.6 Å². The summed E-state index contributed by atoms with van der Waals surface area (Å²) in [6.45, 7) is 0.252. The smallest absolute Gasteiger partial charge is 0.259 e.